The van der Waals surface area contributed by atoms with Crippen molar-refractivity contribution >= 4 is 23.3 Å². The van der Waals surface area contributed by atoms with E-state index in [-0.39, 0.29) is 11.7 Å². The molecule has 0 aliphatic rings. The maximum absolute atomic E-state index is 11.9. The van der Waals surface area contributed by atoms with Gasteiger partial charge in [-0.25, -0.2) is 4.98 Å². The van der Waals surface area contributed by atoms with Crippen molar-refractivity contribution in [3.8, 4) is 0 Å². The molecule has 0 atom stereocenters. The largest absolute Gasteiger partial charge is 0.384 e. The van der Waals surface area contributed by atoms with Gasteiger partial charge in [0.1, 0.15) is 5.82 Å². The molecule has 88 valence electrons. The van der Waals surface area contributed by atoms with Crippen LogP contribution in [-0.2, 0) is 4.74 Å². The number of anilines is 1. The van der Waals surface area contributed by atoms with Crippen molar-refractivity contribution in [3.63, 3.8) is 0 Å². The summed E-state index contributed by atoms with van der Waals surface area (Å²) in [5, 5.41) is 0.295. The van der Waals surface area contributed by atoms with E-state index in [0.29, 0.717) is 23.7 Å². The third kappa shape index (κ3) is 3.08. The quantitative estimate of drug-likeness (QED) is 0.858. The first-order valence-corrected chi connectivity index (χ1v) is 5.09. The van der Waals surface area contributed by atoms with Crippen molar-refractivity contribution in [2.75, 3.05) is 33.0 Å². The molecular formula is C10H14ClN3O2. The highest BCUT2D eigenvalue weighted by Gasteiger charge is 2.15. The molecule has 0 saturated heterocycles. The zero-order valence-corrected chi connectivity index (χ0v) is 9.99. The number of nitrogens with two attached hydrogens (primary N) is 1. The van der Waals surface area contributed by atoms with E-state index in [1.807, 2.05) is 0 Å². The van der Waals surface area contributed by atoms with Crippen molar-refractivity contribution in [1.82, 2.24) is 9.88 Å². The fourth-order valence-electron chi connectivity index (χ4n) is 1.15. The van der Waals surface area contributed by atoms with Crippen molar-refractivity contribution < 1.29 is 9.53 Å². The lowest BCUT2D eigenvalue weighted by molar-refractivity contribution is 0.0744. The highest BCUT2D eigenvalue weighted by molar-refractivity contribution is 6.33. The first-order chi connectivity index (χ1) is 7.56. The smallest absolute Gasteiger partial charge is 0.255 e. The Hall–Kier alpha value is -1.33. The molecule has 0 fully saturated rings. The fraction of sp³-hybridized carbons (Fsp3) is 0.400. The van der Waals surface area contributed by atoms with Gasteiger partial charge in [-0.15, -0.1) is 0 Å². The van der Waals surface area contributed by atoms with Gasteiger partial charge in [0.25, 0.3) is 5.91 Å². The number of methoxy groups -OCH3 is 1. The van der Waals surface area contributed by atoms with Gasteiger partial charge >= 0.3 is 0 Å². The molecule has 0 unspecified atom stereocenters. The Morgan fingerprint density at radius 3 is 3.00 bits per heavy atom. The SMILES string of the molecule is COCCN(C)C(=O)c1cc(N)ncc1Cl. The minimum absolute atomic E-state index is 0.198. The molecule has 0 aliphatic heterocycles. The second-order valence-electron chi connectivity index (χ2n) is 3.31. The molecule has 0 radical (unpaired) electrons. The van der Waals surface area contributed by atoms with Gasteiger partial charge in [-0.3, -0.25) is 4.79 Å². The molecule has 1 heterocycles. The summed E-state index contributed by atoms with van der Waals surface area (Å²) in [6, 6.07) is 1.47. The normalized spacial score (nSPS) is 10.2. The van der Waals surface area contributed by atoms with Crippen LogP contribution >= 0.6 is 11.6 Å². The van der Waals surface area contributed by atoms with Gasteiger partial charge in [-0.1, -0.05) is 11.6 Å². The first-order valence-electron chi connectivity index (χ1n) is 4.71. The standard InChI is InChI=1S/C10H14ClN3O2/c1-14(3-4-16-2)10(15)7-5-9(12)13-6-8(7)11/h5-6H,3-4H2,1-2H3,(H2,12,13). The number of pyridine rings is 1. The predicted octanol–water partition coefficient (Wildman–Crippen LogP) is 1.04. The number of halogens is 1. The molecule has 1 aromatic rings. The van der Waals surface area contributed by atoms with Gasteiger partial charge in [0.05, 0.1) is 17.2 Å². The second kappa shape index (κ2) is 5.67. The monoisotopic (exact) mass is 243 g/mol. The zero-order chi connectivity index (χ0) is 12.1. The maximum Gasteiger partial charge on any atom is 0.255 e. The van der Waals surface area contributed by atoms with Crippen LogP contribution in [0.2, 0.25) is 5.02 Å². The van der Waals surface area contributed by atoms with Gasteiger partial charge in [0.15, 0.2) is 0 Å². The summed E-state index contributed by atoms with van der Waals surface area (Å²) >= 11 is 5.87. The molecule has 0 spiro atoms. The van der Waals surface area contributed by atoms with E-state index in [9.17, 15) is 4.79 Å². The summed E-state index contributed by atoms with van der Waals surface area (Å²) < 4.78 is 4.89. The molecular weight excluding hydrogens is 230 g/mol. The van der Waals surface area contributed by atoms with Gasteiger partial charge in [0, 0.05) is 26.9 Å². The van der Waals surface area contributed by atoms with Crippen molar-refractivity contribution in [1.29, 1.82) is 0 Å². The number of carbonyl (C=O) groups is 1. The van der Waals surface area contributed by atoms with Crippen LogP contribution in [0, 0.1) is 0 Å². The summed E-state index contributed by atoms with van der Waals surface area (Å²) in [6.07, 6.45) is 1.37. The van der Waals surface area contributed by atoms with E-state index in [0.717, 1.165) is 0 Å². The number of ether oxygens (including phenoxy) is 1. The Kier molecular flexibility index (Phi) is 4.52. The molecule has 1 rings (SSSR count). The summed E-state index contributed by atoms with van der Waals surface area (Å²) in [5.74, 6) is 0.0732. The lowest BCUT2D eigenvalue weighted by Gasteiger charge is -2.17. The van der Waals surface area contributed by atoms with Crippen LogP contribution in [-0.4, -0.2) is 43.1 Å². The summed E-state index contributed by atoms with van der Waals surface area (Å²) in [4.78, 5) is 17.2. The summed E-state index contributed by atoms with van der Waals surface area (Å²) in [6.45, 7) is 0.967. The number of aromatic nitrogens is 1. The molecule has 16 heavy (non-hydrogen) atoms. The third-order valence-corrected chi connectivity index (χ3v) is 2.39. The van der Waals surface area contributed by atoms with Gasteiger partial charge < -0.3 is 15.4 Å². The number of rotatable bonds is 4. The predicted molar refractivity (Wildman–Crippen MR) is 62.5 cm³/mol. The average molecular weight is 244 g/mol. The van der Waals surface area contributed by atoms with Crippen LogP contribution in [0.1, 0.15) is 10.4 Å². The molecule has 0 bridgehead atoms. The number of nitrogens with zero attached hydrogens (tertiary/aromatic N) is 2. The Morgan fingerprint density at radius 1 is 1.69 bits per heavy atom. The Bertz CT molecular complexity index is 384. The summed E-state index contributed by atoms with van der Waals surface area (Å²) in [5.41, 5.74) is 5.85. The minimum atomic E-state index is -0.198. The number of carbonyl (C=O) groups excluding carboxylic acids is 1. The summed E-state index contributed by atoms with van der Waals surface area (Å²) in [7, 11) is 3.25. The fourth-order valence-corrected chi connectivity index (χ4v) is 1.34. The maximum atomic E-state index is 11.9. The molecule has 2 N–H and O–H groups in total. The lowest BCUT2D eigenvalue weighted by Crippen LogP contribution is -2.30. The zero-order valence-electron chi connectivity index (χ0n) is 9.24. The highest BCUT2D eigenvalue weighted by Crippen LogP contribution is 2.17. The van der Waals surface area contributed by atoms with E-state index < -0.39 is 0 Å². The third-order valence-electron chi connectivity index (χ3n) is 2.08. The van der Waals surface area contributed by atoms with Crippen molar-refractivity contribution in [2.24, 2.45) is 0 Å². The second-order valence-corrected chi connectivity index (χ2v) is 3.72. The van der Waals surface area contributed by atoms with Crippen molar-refractivity contribution in [3.05, 3.63) is 22.8 Å². The van der Waals surface area contributed by atoms with Crippen LogP contribution in [0.5, 0.6) is 0 Å². The highest BCUT2D eigenvalue weighted by atomic mass is 35.5. The average Bonchev–Trinajstić information content (AvgIpc) is 2.28. The van der Waals surface area contributed by atoms with E-state index in [1.54, 1.807) is 14.2 Å². The number of amides is 1. The molecule has 0 aliphatic carbocycles. The molecule has 1 amide bonds. The molecule has 5 nitrogen and oxygen atoms in total. The lowest BCUT2D eigenvalue weighted by atomic mass is 10.2. The van der Waals surface area contributed by atoms with E-state index in [2.05, 4.69) is 4.98 Å². The Morgan fingerprint density at radius 2 is 2.38 bits per heavy atom. The van der Waals surface area contributed by atoms with E-state index in [4.69, 9.17) is 22.1 Å². The van der Waals surface area contributed by atoms with Crippen LogP contribution in [0.3, 0.4) is 0 Å². The number of nitrogen functional groups attached to an aromatic ring is 1. The minimum Gasteiger partial charge on any atom is -0.384 e. The van der Waals surface area contributed by atoms with E-state index >= 15 is 0 Å². The van der Waals surface area contributed by atoms with Crippen LogP contribution in [0.4, 0.5) is 5.82 Å². The number of hydrogen-bond acceptors (Lipinski definition) is 4. The number of hydrogen-bond donors (Lipinski definition) is 1. The van der Waals surface area contributed by atoms with Crippen molar-refractivity contribution in [2.45, 2.75) is 0 Å². The molecule has 0 saturated carbocycles. The molecule has 1 aromatic heterocycles. The van der Waals surface area contributed by atoms with Crippen LogP contribution in [0.15, 0.2) is 12.3 Å². The van der Waals surface area contributed by atoms with E-state index in [1.165, 1.54) is 17.2 Å². The molecule has 0 aromatic carbocycles. The number of likely N-dealkylation sites (N-methyl/N-ethyl adjacent to an activating group) is 1. The topological polar surface area (TPSA) is 68.5 Å². The van der Waals surface area contributed by atoms with Crippen LogP contribution in [0.25, 0.3) is 0 Å². The van der Waals surface area contributed by atoms with Crippen LogP contribution < -0.4 is 5.73 Å². The van der Waals surface area contributed by atoms with Gasteiger partial charge in [0.2, 0.25) is 0 Å². The molecule has 6 heteroatoms. The van der Waals surface area contributed by atoms with Gasteiger partial charge in [-0.2, -0.15) is 0 Å². The Labute approximate surface area is 99.2 Å². The van der Waals surface area contributed by atoms with Gasteiger partial charge in [-0.05, 0) is 6.07 Å². The Balaban J connectivity index is 2.83. The first kappa shape index (κ1) is 12.7.